The van der Waals surface area contributed by atoms with Gasteiger partial charge in [0.05, 0.1) is 16.9 Å². The molecule has 1 aliphatic rings. The highest BCUT2D eigenvalue weighted by atomic mass is 32.2. The average Bonchev–Trinajstić information content (AvgIpc) is 2.45. The summed E-state index contributed by atoms with van der Waals surface area (Å²) >= 11 is 1.97. The van der Waals surface area contributed by atoms with E-state index < -0.39 is 0 Å². The largest absolute Gasteiger partial charge is 0.382 e. The van der Waals surface area contributed by atoms with Gasteiger partial charge >= 0.3 is 0 Å². The van der Waals surface area contributed by atoms with Gasteiger partial charge in [-0.1, -0.05) is 19.3 Å². The van der Waals surface area contributed by atoms with Crippen molar-refractivity contribution in [2.75, 3.05) is 18.1 Å². The van der Waals surface area contributed by atoms with E-state index >= 15 is 0 Å². The SMILES string of the molecule is CSC1(CNc2cc(C)nc(C)c2C#N)CCCCC1. The van der Waals surface area contributed by atoms with Crippen molar-refractivity contribution < 1.29 is 0 Å². The maximum Gasteiger partial charge on any atom is 0.103 e. The molecule has 0 radical (unpaired) electrons. The Morgan fingerprint density at radius 2 is 2.05 bits per heavy atom. The zero-order valence-electron chi connectivity index (χ0n) is 12.6. The summed E-state index contributed by atoms with van der Waals surface area (Å²) in [5.74, 6) is 0. The van der Waals surface area contributed by atoms with E-state index in [1.807, 2.05) is 31.7 Å². The molecule has 1 fully saturated rings. The first-order valence-electron chi connectivity index (χ1n) is 7.27. The third-order valence-corrected chi connectivity index (χ3v) is 5.66. The van der Waals surface area contributed by atoms with Crippen LogP contribution in [0.3, 0.4) is 0 Å². The molecule has 4 heteroatoms. The van der Waals surface area contributed by atoms with Gasteiger partial charge in [0.25, 0.3) is 0 Å². The lowest BCUT2D eigenvalue weighted by atomic mass is 9.88. The minimum absolute atomic E-state index is 0.329. The predicted molar refractivity (Wildman–Crippen MR) is 86.2 cm³/mol. The van der Waals surface area contributed by atoms with Crippen molar-refractivity contribution in [2.45, 2.75) is 50.7 Å². The van der Waals surface area contributed by atoms with Crippen LogP contribution in [0.5, 0.6) is 0 Å². The zero-order valence-corrected chi connectivity index (χ0v) is 13.4. The van der Waals surface area contributed by atoms with Crippen LogP contribution in [0.15, 0.2) is 6.07 Å². The number of thioether (sulfide) groups is 1. The fourth-order valence-corrected chi connectivity index (χ4v) is 3.93. The Bertz CT molecular complexity index is 513. The van der Waals surface area contributed by atoms with Crippen LogP contribution in [-0.4, -0.2) is 22.5 Å². The highest BCUT2D eigenvalue weighted by Crippen LogP contribution is 2.38. The number of anilines is 1. The molecule has 1 N–H and O–H groups in total. The number of aryl methyl sites for hydroxylation is 2. The van der Waals surface area contributed by atoms with Crippen molar-refractivity contribution in [1.82, 2.24) is 4.98 Å². The van der Waals surface area contributed by atoms with Gasteiger partial charge in [-0.3, -0.25) is 4.98 Å². The molecule has 0 atom stereocenters. The van der Waals surface area contributed by atoms with Gasteiger partial charge in [0.2, 0.25) is 0 Å². The average molecular weight is 289 g/mol. The van der Waals surface area contributed by atoms with E-state index in [1.54, 1.807) is 0 Å². The van der Waals surface area contributed by atoms with Crippen LogP contribution >= 0.6 is 11.8 Å². The number of pyridine rings is 1. The van der Waals surface area contributed by atoms with E-state index in [1.165, 1.54) is 32.1 Å². The van der Waals surface area contributed by atoms with Gasteiger partial charge < -0.3 is 5.32 Å². The van der Waals surface area contributed by atoms with E-state index in [2.05, 4.69) is 22.6 Å². The predicted octanol–water partition coefficient (Wildman–Crippen LogP) is 4.05. The molecule has 2 rings (SSSR count). The molecule has 108 valence electrons. The van der Waals surface area contributed by atoms with Crippen LogP contribution in [0.2, 0.25) is 0 Å². The maximum absolute atomic E-state index is 9.31. The molecule has 1 saturated carbocycles. The first-order chi connectivity index (χ1) is 9.60. The molecule has 0 amide bonds. The summed E-state index contributed by atoms with van der Waals surface area (Å²) in [5.41, 5.74) is 3.40. The number of hydrogen-bond donors (Lipinski definition) is 1. The van der Waals surface area contributed by atoms with Crippen LogP contribution in [0.1, 0.15) is 49.1 Å². The number of hydrogen-bond acceptors (Lipinski definition) is 4. The molecule has 20 heavy (non-hydrogen) atoms. The molecule has 0 aromatic carbocycles. The van der Waals surface area contributed by atoms with Crippen molar-refractivity contribution in [2.24, 2.45) is 0 Å². The van der Waals surface area contributed by atoms with E-state index in [9.17, 15) is 5.26 Å². The summed E-state index contributed by atoms with van der Waals surface area (Å²) in [6.07, 6.45) is 8.75. The fourth-order valence-electron chi connectivity index (χ4n) is 3.01. The van der Waals surface area contributed by atoms with Crippen LogP contribution < -0.4 is 5.32 Å². The molecule has 0 aliphatic heterocycles. The van der Waals surface area contributed by atoms with Gasteiger partial charge in [-0.2, -0.15) is 17.0 Å². The van der Waals surface area contributed by atoms with E-state index in [4.69, 9.17) is 0 Å². The maximum atomic E-state index is 9.31. The Kier molecular flexibility index (Phi) is 4.93. The number of aromatic nitrogens is 1. The highest BCUT2D eigenvalue weighted by Gasteiger charge is 2.31. The second kappa shape index (κ2) is 6.49. The van der Waals surface area contributed by atoms with Gasteiger partial charge in [0.15, 0.2) is 0 Å². The van der Waals surface area contributed by atoms with Gasteiger partial charge in [-0.15, -0.1) is 0 Å². The van der Waals surface area contributed by atoms with Crippen LogP contribution in [0, 0.1) is 25.2 Å². The van der Waals surface area contributed by atoms with Gasteiger partial charge in [0.1, 0.15) is 6.07 Å². The van der Waals surface area contributed by atoms with Gasteiger partial charge in [-0.25, -0.2) is 0 Å². The minimum atomic E-state index is 0.329. The van der Waals surface area contributed by atoms with Crippen molar-refractivity contribution in [3.8, 4) is 6.07 Å². The van der Waals surface area contributed by atoms with Crippen molar-refractivity contribution >= 4 is 17.4 Å². The van der Waals surface area contributed by atoms with Crippen LogP contribution in [0.25, 0.3) is 0 Å². The zero-order chi connectivity index (χ0) is 14.6. The lowest BCUT2D eigenvalue weighted by molar-refractivity contribution is 0.411. The topological polar surface area (TPSA) is 48.7 Å². The molecule has 1 aromatic rings. The first kappa shape index (κ1) is 15.2. The Morgan fingerprint density at radius 3 is 2.65 bits per heavy atom. The molecule has 1 aromatic heterocycles. The standard InChI is InChI=1S/C16H23N3S/c1-12-9-15(14(10-17)13(2)19-12)18-11-16(20-3)7-5-4-6-8-16/h9H,4-8,11H2,1-3H3,(H,18,19). The molecule has 3 nitrogen and oxygen atoms in total. The summed E-state index contributed by atoms with van der Waals surface area (Å²) in [4.78, 5) is 4.37. The Hall–Kier alpha value is -1.21. The molecular formula is C16H23N3S. The minimum Gasteiger partial charge on any atom is -0.382 e. The smallest absolute Gasteiger partial charge is 0.103 e. The van der Waals surface area contributed by atoms with Crippen molar-refractivity contribution in [1.29, 1.82) is 5.26 Å². The third kappa shape index (κ3) is 3.27. The molecule has 0 unspecified atom stereocenters. The lowest BCUT2D eigenvalue weighted by Gasteiger charge is -2.36. The number of nitrogens with zero attached hydrogens (tertiary/aromatic N) is 2. The van der Waals surface area contributed by atoms with Crippen LogP contribution in [-0.2, 0) is 0 Å². The van der Waals surface area contributed by atoms with Gasteiger partial charge in [-0.05, 0) is 39.0 Å². The summed E-state index contributed by atoms with van der Waals surface area (Å²) in [7, 11) is 0. The normalized spacial score (nSPS) is 17.5. The monoisotopic (exact) mass is 289 g/mol. The third-order valence-electron chi connectivity index (χ3n) is 4.24. The fraction of sp³-hybridized carbons (Fsp3) is 0.625. The molecule has 1 aliphatic carbocycles. The van der Waals surface area contributed by atoms with E-state index in [0.29, 0.717) is 10.3 Å². The quantitative estimate of drug-likeness (QED) is 0.908. The summed E-state index contributed by atoms with van der Waals surface area (Å²) in [5, 5.41) is 12.8. The molecular weight excluding hydrogens is 266 g/mol. The second-order valence-electron chi connectivity index (χ2n) is 5.68. The van der Waals surface area contributed by atoms with E-state index in [-0.39, 0.29) is 0 Å². The molecule has 0 saturated heterocycles. The Balaban J connectivity index is 2.16. The number of nitrogens with one attached hydrogen (secondary N) is 1. The summed E-state index contributed by atoms with van der Waals surface area (Å²) < 4.78 is 0.329. The molecule has 0 spiro atoms. The first-order valence-corrected chi connectivity index (χ1v) is 8.50. The molecule has 1 heterocycles. The number of nitriles is 1. The Morgan fingerprint density at radius 1 is 1.35 bits per heavy atom. The van der Waals surface area contributed by atoms with E-state index in [0.717, 1.165) is 23.6 Å². The van der Waals surface area contributed by atoms with Crippen molar-refractivity contribution in [3.05, 3.63) is 23.0 Å². The Labute approximate surface area is 126 Å². The highest BCUT2D eigenvalue weighted by molar-refractivity contribution is 8.00. The molecule has 0 bridgehead atoms. The lowest BCUT2D eigenvalue weighted by Crippen LogP contribution is -2.35. The van der Waals surface area contributed by atoms with Crippen LogP contribution in [0.4, 0.5) is 5.69 Å². The summed E-state index contributed by atoms with van der Waals surface area (Å²) in [6, 6.07) is 4.27. The number of rotatable bonds is 4. The summed E-state index contributed by atoms with van der Waals surface area (Å²) in [6.45, 7) is 4.82. The second-order valence-corrected chi connectivity index (χ2v) is 6.96. The van der Waals surface area contributed by atoms with Gasteiger partial charge in [0, 0.05) is 17.0 Å². The van der Waals surface area contributed by atoms with Crippen molar-refractivity contribution in [3.63, 3.8) is 0 Å².